The van der Waals surface area contributed by atoms with Crippen LogP contribution in [0.1, 0.15) is 110 Å². The van der Waals surface area contributed by atoms with E-state index in [1.807, 2.05) is 0 Å². The van der Waals surface area contributed by atoms with Crippen LogP contribution in [0.3, 0.4) is 0 Å². The Morgan fingerprint density at radius 1 is 0.593 bits per heavy atom. The third kappa shape index (κ3) is 9.70. The third-order valence-electron chi connectivity index (χ3n) is 5.57. The van der Waals surface area contributed by atoms with Gasteiger partial charge in [0.15, 0.2) is 12.2 Å². The van der Waals surface area contributed by atoms with Gasteiger partial charge in [-0.15, -0.1) is 0 Å². The zero-order chi connectivity index (χ0) is 19.9. The number of nitrogens with zero attached hydrogens (tertiary/aromatic N) is 1. The highest BCUT2D eigenvalue weighted by molar-refractivity contribution is 6.07. The van der Waals surface area contributed by atoms with E-state index in [0.717, 1.165) is 24.2 Å². The molecular formula is C22H41NO4. The molecule has 1 fully saturated rings. The van der Waals surface area contributed by atoms with Crippen molar-refractivity contribution in [1.82, 2.24) is 4.90 Å². The second-order valence-corrected chi connectivity index (χ2v) is 8.02. The molecule has 2 amide bonds. The van der Waals surface area contributed by atoms with Crippen LogP contribution in [0.2, 0.25) is 0 Å². The van der Waals surface area contributed by atoms with Crippen molar-refractivity contribution in [2.24, 2.45) is 0 Å². The fraction of sp³-hybridized carbons (Fsp3) is 0.909. The van der Waals surface area contributed by atoms with Gasteiger partial charge in [-0.1, -0.05) is 103 Å². The third-order valence-corrected chi connectivity index (χ3v) is 5.57. The van der Waals surface area contributed by atoms with Crippen molar-refractivity contribution in [2.45, 2.75) is 122 Å². The number of aliphatic hydroxyl groups is 2. The van der Waals surface area contributed by atoms with Gasteiger partial charge in [-0.25, -0.2) is 0 Å². The minimum absolute atomic E-state index is 0.310. The molecule has 0 radical (unpaired) electrons. The van der Waals surface area contributed by atoms with Crippen molar-refractivity contribution in [1.29, 1.82) is 0 Å². The molecule has 5 nitrogen and oxygen atoms in total. The van der Waals surface area contributed by atoms with Crippen molar-refractivity contribution >= 4 is 11.8 Å². The van der Waals surface area contributed by atoms with E-state index >= 15 is 0 Å². The molecule has 2 atom stereocenters. The van der Waals surface area contributed by atoms with Crippen LogP contribution < -0.4 is 0 Å². The van der Waals surface area contributed by atoms with Crippen LogP contribution in [-0.2, 0) is 9.59 Å². The summed E-state index contributed by atoms with van der Waals surface area (Å²) in [6.07, 6.45) is 17.3. The smallest absolute Gasteiger partial charge is 0.261 e. The monoisotopic (exact) mass is 383 g/mol. The van der Waals surface area contributed by atoms with Gasteiger partial charge in [-0.3, -0.25) is 14.5 Å². The SMILES string of the molecule is CCCCCCCCCCCCCCCCCCN1C(=O)[C@H](O)[C@@H](O)C1=O. The molecule has 1 rings (SSSR count). The molecule has 1 aliphatic rings. The fourth-order valence-electron chi connectivity index (χ4n) is 3.74. The van der Waals surface area contributed by atoms with Crippen molar-refractivity contribution in [2.75, 3.05) is 6.54 Å². The Morgan fingerprint density at radius 3 is 1.22 bits per heavy atom. The maximum atomic E-state index is 11.6. The molecule has 0 aliphatic carbocycles. The normalized spacial score (nSPS) is 20.0. The summed E-state index contributed by atoms with van der Waals surface area (Å²) in [6.45, 7) is 2.57. The van der Waals surface area contributed by atoms with Crippen LogP contribution in [0.15, 0.2) is 0 Å². The molecule has 0 spiro atoms. The number of hydrogen-bond donors (Lipinski definition) is 2. The first kappa shape index (κ1) is 24.1. The number of carbonyl (C=O) groups is 2. The van der Waals surface area contributed by atoms with Gasteiger partial charge in [0.1, 0.15) is 0 Å². The van der Waals surface area contributed by atoms with E-state index in [1.54, 1.807) is 0 Å². The molecule has 0 saturated carbocycles. The van der Waals surface area contributed by atoms with Gasteiger partial charge in [-0.2, -0.15) is 0 Å². The van der Waals surface area contributed by atoms with Crippen LogP contribution >= 0.6 is 0 Å². The average molecular weight is 384 g/mol. The Bertz CT molecular complexity index is 393. The Labute approximate surface area is 165 Å². The summed E-state index contributed by atoms with van der Waals surface area (Å²) in [4.78, 5) is 24.2. The zero-order valence-electron chi connectivity index (χ0n) is 17.3. The molecule has 0 aromatic carbocycles. The summed E-state index contributed by atoms with van der Waals surface area (Å²) < 4.78 is 0. The summed E-state index contributed by atoms with van der Waals surface area (Å²) in [7, 11) is 0. The van der Waals surface area contributed by atoms with Crippen molar-refractivity contribution < 1.29 is 19.8 Å². The predicted octanol–water partition coefficient (Wildman–Crippen LogP) is 4.34. The number of rotatable bonds is 17. The van der Waals surface area contributed by atoms with E-state index in [0.29, 0.717) is 6.54 Å². The highest BCUT2D eigenvalue weighted by atomic mass is 16.4. The Morgan fingerprint density at radius 2 is 0.889 bits per heavy atom. The molecule has 0 bridgehead atoms. The zero-order valence-corrected chi connectivity index (χ0v) is 17.3. The molecule has 0 aromatic heterocycles. The lowest BCUT2D eigenvalue weighted by Crippen LogP contribution is -2.33. The van der Waals surface area contributed by atoms with Gasteiger partial charge in [-0.05, 0) is 6.42 Å². The quantitative estimate of drug-likeness (QED) is 0.289. The minimum atomic E-state index is -1.57. The van der Waals surface area contributed by atoms with Crippen LogP contribution in [0.25, 0.3) is 0 Å². The Hall–Kier alpha value is -0.940. The van der Waals surface area contributed by atoms with E-state index in [-0.39, 0.29) is 0 Å². The topological polar surface area (TPSA) is 77.8 Å². The van der Waals surface area contributed by atoms with Crippen LogP contribution in [0.5, 0.6) is 0 Å². The molecule has 27 heavy (non-hydrogen) atoms. The summed E-state index contributed by atoms with van der Waals surface area (Å²) >= 11 is 0. The second-order valence-electron chi connectivity index (χ2n) is 8.02. The number of imide groups is 1. The number of amides is 2. The standard InChI is InChI=1S/C22H41NO4/c1-2-3-4-5-6-7-8-9-10-11-12-13-14-15-16-17-18-23-21(26)19(24)20(25)22(23)27/h19-20,24-25H,2-18H2,1H3/t19-,20-/m1/s1. The maximum absolute atomic E-state index is 11.6. The van der Waals surface area contributed by atoms with Crippen molar-refractivity contribution in [3.8, 4) is 0 Å². The van der Waals surface area contributed by atoms with E-state index < -0.39 is 24.0 Å². The van der Waals surface area contributed by atoms with E-state index in [2.05, 4.69) is 6.92 Å². The molecule has 0 aromatic rings. The van der Waals surface area contributed by atoms with Crippen LogP contribution in [-0.4, -0.2) is 45.7 Å². The van der Waals surface area contributed by atoms with Crippen LogP contribution in [0.4, 0.5) is 0 Å². The summed E-state index contributed by atoms with van der Waals surface area (Å²) in [5.74, 6) is -1.32. The van der Waals surface area contributed by atoms with Gasteiger partial charge < -0.3 is 10.2 Å². The van der Waals surface area contributed by atoms with Gasteiger partial charge in [0.05, 0.1) is 0 Å². The minimum Gasteiger partial charge on any atom is -0.380 e. The number of likely N-dealkylation sites (tertiary alicyclic amines) is 1. The predicted molar refractivity (Wildman–Crippen MR) is 108 cm³/mol. The summed E-state index contributed by atoms with van der Waals surface area (Å²) in [5, 5.41) is 18.8. The number of aliphatic hydroxyl groups excluding tert-OH is 2. The van der Waals surface area contributed by atoms with E-state index in [1.165, 1.54) is 83.5 Å². The largest absolute Gasteiger partial charge is 0.380 e. The van der Waals surface area contributed by atoms with Crippen molar-refractivity contribution in [3.63, 3.8) is 0 Å². The molecular weight excluding hydrogens is 342 g/mol. The molecule has 2 N–H and O–H groups in total. The highest BCUT2D eigenvalue weighted by Crippen LogP contribution is 2.16. The fourth-order valence-corrected chi connectivity index (χ4v) is 3.74. The van der Waals surface area contributed by atoms with Crippen molar-refractivity contribution in [3.05, 3.63) is 0 Å². The Kier molecular flexibility index (Phi) is 13.4. The Balaban J connectivity index is 1.82. The lowest BCUT2D eigenvalue weighted by molar-refractivity contribution is -0.141. The average Bonchev–Trinajstić information content (AvgIpc) is 2.85. The maximum Gasteiger partial charge on any atom is 0.261 e. The summed E-state index contributed by atoms with van der Waals surface area (Å²) in [5.41, 5.74) is 0. The lowest BCUT2D eigenvalue weighted by Gasteiger charge is -2.13. The molecule has 5 heteroatoms. The molecule has 1 heterocycles. The van der Waals surface area contributed by atoms with Gasteiger partial charge in [0, 0.05) is 6.54 Å². The van der Waals surface area contributed by atoms with Gasteiger partial charge in [0.2, 0.25) is 0 Å². The first-order valence-electron chi connectivity index (χ1n) is 11.3. The lowest BCUT2D eigenvalue weighted by atomic mass is 10.0. The molecule has 158 valence electrons. The number of carbonyl (C=O) groups excluding carboxylic acids is 2. The van der Waals surface area contributed by atoms with Gasteiger partial charge in [0.25, 0.3) is 11.8 Å². The first-order valence-corrected chi connectivity index (χ1v) is 11.3. The van der Waals surface area contributed by atoms with E-state index in [4.69, 9.17) is 0 Å². The van der Waals surface area contributed by atoms with E-state index in [9.17, 15) is 19.8 Å². The number of hydrogen-bond acceptors (Lipinski definition) is 4. The van der Waals surface area contributed by atoms with Gasteiger partial charge >= 0.3 is 0 Å². The molecule has 1 aliphatic heterocycles. The molecule has 0 unspecified atom stereocenters. The van der Waals surface area contributed by atoms with Crippen LogP contribution in [0, 0.1) is 0 Å². The number of unbranched alkanes of at least 4 members (excludes halogenated alkanes) is 15. The highest BCUT2D eigenvalue weighted by Gasteiger charge is 2.45. The first-order chi connectivity index (χ1) is 13.1. The summed E-state index contributed by atoms with van der Waals surface area (Å²) in [6, 6.07) is 0. The second kappa shape index (κ2) is 15.0. The molecule has 1 saturated heterocycles.